The quantitative estimate of drug-likeness (QED) is 0.692. The number of nitrogens with two attached hydrogens (primary N) is 1. The first-order chi connectivity index (χ1) is 5.34. The Balaban J connectivity index is 2.69. The van der Waals surface area contributed by atoms with Gasteiger partial charge in [0.1, 0.15) is 6.33 Å². The number of nitrogens with zero attached hydrogens (tertiary/aromatic N) is 2. The minimum atomic E-state index is 0.619. The molecule has 0 aliphatic rings. The summed E-state index contributed by atoms with van der Waals surface area (Å²) in [6.07, 6.45) is 5.78. The molecule has 0 amide bonds. The molecule has 1 heterocycles. The number of hydrogen-bond acceptors (Lipinski definition) is 3. The second kappa shape index (κ2) is 3.83. The van der Waals surface area contributed by atoms with Gasteiger partial charge in [-0.1, -0.05) is 6.58 Å². The molecule has 0 saturated carbocycles. The Hall–Kier alpha value is -1.22. The average Bonchev–Trinajstić information content (AvgIpc) is 2.07. The molecule has 0 radical (unpaired) electrons. The molecule has 1 aromatic heterocycles. The van der Waals surface area contributed by atoms with Crippen molar-refractivity contribution in [2.45, 2.75) is 6.42 Å². The van der Waals surface area contributed by atoms with Crippen LogP contribution in [0.2, 0.25) is 0 Å². The van der Waals surface area contributed by atoms with Crippen LogP contribution >= 0.6 is 0 Å². The molecule has 0 spiro atoms. The van der Waals surface area contributed by atoms with Crippen LogP contribution in [0.25, 0.3) is 5.57 Å². The maximum absolute atomic E-state index is 5.37. The third-order valence-corrected chi connectivity index (χ3v) is 1.41. The molecule has 0 aliphatic heterocycles. The largest absolute Gasteiger partial charge is 0.330 e. The van der Waals surface area contributed by atoms with Crippen LogP contribution in [-0.2, 0) is 0 Å². The third kappa shape index (κ3) is 2.13. The molecule has 0 fully saturated rings. The Bertz CT molecular complexity index is 230. The van der Waals surface area contributed by atoms with Crippen molar-refractivity contribution in [3.05, 3.63) is 30.9 Å². The van der Waals surface area contributed by atoms with Crippen molar-refractivity contribution in [2.75, 3.05) is 6.54 Å². The summed E-state index contributed by atoms with van der Waals surface area (Å²) in [6.45, 7) is 4.47. The molecule has 3 heteroatoms. The number of aromatic nitrogens is 2. The molecule has 0 bridgehead atoms. The van der Waals surface area contributed by atoms with E-state index in [4.69, 9.17) is 5.73 Å². The minimum absolute atomic E-state index is 0.619. The number of rotatable bonds is 3. The van der Waals surface area contributed by atoms with Gasteiger partial charge in [0.15, 0.2) is 0 Å². The smallest absolute Gasteiger partial charge is 0.115 e. The van der Waals surface area contributed by atoms with Crippen LogP contribution in [0.1, 0.15) is 12.0 Å². The summed E-state index contributed by atoms with van der Waals surface area (Å²) in [6, 6.07) is 0. The van der Waals surface area contributed by atoms with Gasteiger partial charge < -0.3 is 5.73 Å². The Labute approximate surface area is 66.0 Å². The van der Waals surface area contributed by atoms with E-state index >= 15 is 0 Å². The minimum Gasteiger partial charge on any atom is -0.330 e. The number of hydrogen-bond donors (Lipinski definition) is 1. The fraction of sp³-hybridized carbons (Fsp3) is 0.250. The van der Waals surface area contributed by atoms with Crippen LogP contribution in [-0.4, -0.2) is 16.5 Å². The monoisotopic (exact) mass is 149 g/mol. The van der Waals surface area contributed by atoms with Gasteiger partial charge in [0.05, 0.1) is 0 Å². The van der Waals surface area contributed by atoms with E-state index in [1.807, 2.05) is 0 Å². The predicted molar refractivity (Wildman–Crippen MR) is 44.7 cm³/mol. The summed E-state index contributed by atoms with van der Waals surface area (Å²) < 4.78 is 0. The Morgan fingerprint density at radius 1 is 1.45 bits per heavy atom. The van der Waals surface area contributed by atoms with Crippen LogP contribution in [0.15, 0.2) is 25.3 Å². The fourth-order valence-electron chi connectivity index (χ4n) is 0.800. The van der Waals surface area contributed by atoms with Gasteiger partial charge >= 0.3 is 0 Å². The van der Waals surface area contributed by atoms with Crippen molar-refractivity contribution in [3.63, 3.8) is 0 Å². The van der Waals surface area contributed by atoms with E-state index in [1.165, 1.54) is 6.33 Å². The fourth-order valence-corrected chi connectivity index (χ4v) is 0.800. The Morgan fingerprint density at radius 2 is 2.09 bits per heavy atom. The van der Waals surface area contributed by atoms with Gasteiger partial charge in [-0.15, -0.1) is 0 Å². The highest BCUT2D eigenvalue weighted by Gasteiger charge is 1.95. The molecular formula is C8H11N3. The van der Waals surface area contributed by atoms with E-state index in [1.54, 1.807) is 12.4 Å². The van der Waals surface area contributed by atoms with E-state index in [0.717, 1.165) is 17.6 Å². The summed E-state index contributed by atoms with van der Waals surface area (Å²) in [4.78, 5) is 7.75. The molecule has 0 aromatic carbocycles. The molecule has 11 heavy (non-hydrogen) atoms. The zero-order chi connectivity index (χ0) is 8.10. The van der Waals surface area contributed by atoms with E-state index in [-0.39, 0.29) is 0 Å². The first-order valence-electron chi connectivity index (χ1n) is 3.48. The van der Waals surface area contributed by atoms with Crippen molar-refractivity contribution in [2.24, 2.45) is 5.73 Å². The lowest BCUT2D eigenvalue weighted by Crippen LogP contribution is -1.99. The lowest BCUT2D eigenvalue weighted by Gasteiger charge is -2.00. The van der Waals surface area contributed by atoms with E-state index in [2.05, 4.69) is 16.5 Å². The van der Waals surface area contributed by atoms with Crippen molar-refractivity contribution in [3.8, 4) is 0 Å². The van der Waals surface area contributed by atoms with Gasteiger partial charge in [-0.3, -0.25) is 0 Å². The predicted octanol–water partition coefficient (Wildman–Crippen LogP) is 0.839. The lowest BCUT2D eigenvalue weighted by molar-refractivity contribution is 1.02. The third-order valence-electron chi connectivity index (χ3n) is 1.41. The van der Waals surface area contributed by atoms with Gasteiger partial charge in [-0.25, -0.2) is 9.97 Å². The second-order valence-electron chi connectivity index (χ2n) is 2.27. The second-order valence-corrected chi connectivity index (χ2v) is 2.27. The van der Waals surface area contributed by atoms with Crippen LogP contribution in [0.5, 0.6) is 0 Å². The van der Waals surface area contributed by atoms with Crippen molar-refractivity contribution >= 4 is 5.57 Å². The van der Waals surface area contributed by atoms with Crippen LogP contribution in [0, 0.1) is 0 Å². The average molecular weight is 149 g/mol. The molecule has 0 aliphatic carbocycles. The summed E-state index contributed by atoms with van der Waals surface area (Å²) >= 11 is 0. The van der Waals surface area contributed by atoms with Gasteiger partial charge in [0.2, 0.25) is 0 Å². The SMILES string of the molecule is C=C(CCN)c1cncnc1. The molecule has 3 nitrogen and oxygen atoms in total. The topological polar surface area (TPSA) is 51.8 Å². The van der Waals surface area contributed by atoms with Gasteiger partial charge in [0.25, 0.3) is 0 Å². The highest BCUT2D eigenvalue weighted by atomic mass is 14.8. The lowest BCUT2D eigenvalue weighted by atomic mass is 10.1. The van der Waals surface area contributed by atoms with Crippen molar-refractivity contribution in [1.82, 2.24) is 9.97 Å². The van der Waals surface area contributed by atoms with Gasteiger partial charge in [0, 0.05) is 18.0 Å². The summed E-state index contributed by atoms with van der Waals surface area (Å²) in [5.74, 6) is 0. The molecule has 0 atom stereocenters. The first kappa shape index (κ1) is 7.88. The van der Waals surface area contributed by atoms with Gasteiger partial charge in [-0.05, 0) is 18.5 Å². The maximum Gasteiger partial charge on any atom is 0.115 e. The molecule has 2 N–H and O–H groups in total. The standard InChI is InChI=1S/C8H11N3/c1-7(2-3-9)8-4-10-6-11-5-8/h4-6H,1-3,9H2. The zero-order valence-electron chi connectivity index (χ0n) is 6.33. The zero-order valence-corrected chi connectivity index (χ0v) is 6.33. The highest BCUT2D eigenvalue weighted by Crippen LogP contribution is 2.11. The normalized spacial score (nSPS) is 9.55. The van der Waals surface area contributed by atoms with Crippen molar-refractivity contribution < 1.29 is 0 Å². The molecule has 58 valence electrons. The maximum atomic E-state index is 5.37. The molecular weight excluding hydrogens is 138 g/mol. The van der Waals surface area contributed by atoms with E-state index in [0.29, 0.717) is 6.54 Å². The molecule has 1 aromatic rings. The first-order valence-corrected chi connectivity index (χ1v) is 3.48. The summed E-state index contributed by atoms with van der Waals surface area (Å²) in [5.41, 5.74) is 7.33. The van der Waals surface area contributed by atoms with E-state index < -0.39 is 0 Å². The Morgan fingerprint density at radius 3 is 2.64 bits per heavy atom. The molecule has 0 saturated heterocycles. The van der Waals surface area contributed by atoms with Crippen LogP contribution < -0.4 is 5.73 Å². The molecule has 1 rings (SSSR count). The summed E-state index contributed by atoms with van der Waals surface area (Å²) in [5, 5.41) is 0. The summed E-state index contributed by atoms with van der Waals surface area (Å²) in [7, 11) is 0. The van der Waals surface area contributed by atoms with Gasteiger partial charge in [-0.2, -0.15) is 0 Å². The highest BCUT2D eigenvalue weighted by molar-refractivity contribution is 5.61. The van der Waals surface area contributed by atoms with Crippen molar-refractivity contribution in [1.29, 1.82) is 0 Å². The Kier molecular flexibility index (Phi) is 2.74. The van der Waals surface area contributed by atoms with Crippen LogP contribution in [0.4, 0.5) is 0 Å². The van der Waals surface area contributed by atoms with E-state index in [9.17, 15) is 0 Å². The molecule has 0 unspecified atom stereocenters. The van der Waals surface area contributed by atoms with Crippen LogP contribution in [0.3, 0.4) is 0 Å².